The quantitative estimate of drug-likeness (QED) is 0.851. The number of hydrogen-bond acceptors (Lipinski definition) is 2. The van der Waals surface area contributed by atoms with Gasteiger partial charge in [0.25, 0.3) is 0 Å². The Bertz CT molecular complexity index is 437. The van der Waals surface area contributed by atoms with Crippen molar-refractivity contribution >= 4 is 27.7 Å². The van der Waals surface area contributed by atoms with Gasteiger partial charge in [0.15, 0.2) is 0 Å². The molecule has 0 amide bonds. The van der Waals surface area contributed by atoms with E-state index in [-0.39, 0.29) is 0 Å². The van der Waals surface area contributed by atoms with Gasteiger partial charge in [0, 0.05) is 4.47 Å². The summed E-state index contributed by atoms with van der Waals surface area (Å²) >= 11 is 5.93. The Morgan fingerprint density at radius 3 is 2.75 bits per heavy atom. The first-order chi connectivity index (χ1) is 9.83. The van der Waals surface area contributed by atoms with Gasteiger partial charge >= 0.3 is 0 Å². The third-order valence-corrected chi connectivity index (χ3v) is 6.38. The standard InChI is InChI=1S/C17H24BrNS/c18-17-11-13(10-14-2-1-7-19-12-14)3-4-16(17)15-5-8-20-9-6-15/h3-4,11,14-15,19H,1-2,5-10,12H2. The van der Waals surface area contributed by atoms with Crippen LogP contribution in [-0.2, 0) is 6.42 Å². The molecule has 1 N–H and O–H groups in total. The second-order valence-electron chi connectivity index (χ2n) is 6.16. The van der Waals surface area contributed by atoms with E-state index >= 15 is 0 Å². The molecule has 3 rings (SSSR count). The molecule has 0 aromatic heterocycles. The molecule has 110 valence electrons. The molecule has 1 aromatic rings. The highest BCUT2D eigenvalue weighted by Crippen LogP contribution is 2.36. The number of hydrogen-bond donors (Lipinski definition) is 1. The highest BCUT2D eigenvalue weighted by Gasteiger charge is 2.19. The topological polar surface area (TPSA) is 12.0 Å². The van der Waals surface area contributed by atoms with Crippen molar-refractivity contribution in [1.82, 2.24) is 5.32 Å². The number of benzene rings is 1. The fourth-order valence-corrected chi connectivity index (χ4v) is 5.33. The molecule has 0 spiro atoms. The first-order valence-corrected chi connectivity index (χ1v) is 9.84. The van der Waals surface area contributed by atoms with Gasteiger partial charge in [0.1, 0.15) is 0 Å². The fourth-order valence-electron chi connectivity index (χ4n) is 3.47. The van der Waals surface area contributed by atoms with Crippen LogP contribution in [0.5, 0.6) is 0 Å². The summed E-state index contributed by atoms with van der Waals surface area (Å²) in [7, 11) is 0. The maximum absolute atomic E-state index is 3.83. The molecule has 2 saturated heterocycles. The second kappa shape index (κ2) is 7.33. The Kier molecular flexibility index (Phi) is 5.47. The summed E-state index contributed by atoms with van der Waals surface area (Å²) in [6.45, 7) is 2.40. The van der Waals surface area contributed by atoms with Gasteiger partial charge in [-0.25, -0.2) is 0 Å². The molecule has 1 unspecified atom stereocenters. The first kappa shape index (κ1) is 14.9. The van der Waals surface area contributed by atoms with E-state index in [2.05, 4.69) is 51.2 Å². The van der Waals surface area contributed by atoms with E-state index in [0.29, 0.717) is 0 Å². The number of thioether (sulfide) groups is 1. The van der Waals surface area contributed by atoms with Gasteiger partial charge in [0.2, 0.25) is 0 Å². The zero-order valence-corrected chi connectivity index (χ0v) is 14.4. The second-order valence-corrected chi connectivity index (χ2v) is 8.24. The predicted molar refractivity (Wildman–Crippen MR) is 92.7 cm³/mol. The van der Waals surface area contributed by atoms with Gasteiger partial charge in [-0.2, -0.15) is 11.8 Å². The minimum atomic E-state index is 0.774. The van der Waals surface area contributed by atoms with Gasteiger partial charge in [0.05, 0.1) is 0 Å². The summed E-state index contributed by atoms with van der Waals surface area (Å²) in [4.78, 5) is 0. The Morgan fingerprint density at radius 2 is 2.05 bits per heavy atom. The number of rotatable bonds is 3. The van der Waals surface area contributed by atoms with Crippen molar-refractivity contribution in [2.45, 2.75) is 38.0 Å². The molecule has 2 heterocycles. The van der Waals surface area contributed by atoms with Crippen molar-refractivity contribution in [3.8, 4) is 0 Å². The van der Waals surface area contributed by atoms with Crippen LogP contribution in [0.25, 0.3) is 0 Å². The molecule has 1 atom stereocenters. The van der Waals surface area contributed by atoms with E-state index in [1.807, 2.05) is 0 Å². The van der Waals surface area contributed by atoms with Crippen molar-refractivity contribution in [2.24, 2.45) is 5.92 Å². The van der Waals surface area contributed by atoms with E-state index in [1.54, 1.807) is 0 Å². The first-order valence-electron chi connectivity index (χ1n) is 7.89. The average Bonchev–Trinajstić information content (AvgIpc) is 2.49. The van der Waals surface area contributed by atoms with Crippen molar-refractivity contribution in [3.05, 3.63) is 33.8 Å². The predicted octanol–water partition coefficient (Wildman–Crippen LogP) is 4.60. The van der Waals surface area contributed by atoms with Crippen molar-refractivity contribution in [2.75, 3.05) is 24.6 Å². The van der Waals surface area contributed by atoms with E-state index in [4.69, 9.17) is 0 Å². The van der Waals surface area contributed by atoms with Gasteiger partial charge in [-0.15, -0.1) is 0 Å². The summed E-state index contributed by atoms with van der Waals surface area (Å²) in [5.74, 6) is 4.25. The van der Waals surface area contributed by atoms with E-state index < -0.39 is 0 Å². The molecule has 3 heteroatoms. The molecule has 0 bridgehead atoms. The highest BCUT2D eigenvalue weighted by molar-refractivity contribution is 9.10. The Morgan fingerprint density at radius 1 is 1.20 bits per heavy atom. The summed E-state index contributed by atoms with van der Waals surface area (Å²) in [6, 6.07) is 7.14. The van der Waals surface area contributed by atoms with Crippen molar-refractivity contribution in [1.29, 1.82) is 0 Å². The minimum Gasteiger partial charge on any atom is -0.316 e. The normalized spacial score (nSPS) is 24.8. The highest BCUT2D eigenvalue weighted by atomic mass is 79.9. The van der Waals surface area contributed by atoms with Gasteiger partial charge in [-0.1, -0.05) is 28.1 Å². The summed E-state index contributed by atoms with van der Waals surface area (Å²) in [5.41, 5.74) is 3.04. The molecule has 1 aromatic carbocycles. The molecule has 2 fully saturated rings. The summed E-state index contributed by atoms with van der Waals surface area (Å²) < 4.78 is 1.34. The Balaban J connectivity index is 1.66. The Hall–Kier alpha value is 0.01000. The van der Waals surface area contributed by atoms with Crippen LogP contribution in [0.1, 0.15) is 42.7 Å². The Labute approximate surface area is 135 Å². The van der Waals surface area contributed by atoms with Crippen LogP contribution < -0.4 is 5.32 Å². The molecular formula is C17H24BrNS. The lowest BCUT2D eigenvalue weighted by atomic mass is 9.89. The zero-order valence-electron chi connectivity index (χ0n) is 12.0. The third-order valence-electron chi connectivity index (χ3n) is 4.65. The molecule has 2 aliphatic heterocycles. The molecule has 20 heavy (non-hydrogen) atoms. The molecule has 2 aliphatic rings. The SMILES string of the molecule is Brc1cc(CC2CCCNC2)ccc1C1CCSCC1. The van der Waals surface area contributed by atoms with Crippen LogP contribution >= 0.6 is 27.7 Å². The van der Waals surface area contributed by atoms with Crippen molar-refractivity contribution in [3.63, 3.8) is 0 Å². The van der Waals surface area contributed by atoms with Gasteiger partial charge < -0.3 is 5.32 Å². The van der Waals surface area contributed by atoms with Crippen molar-refractivity contribution < 1.29 is 0 Å². The average molecular weight is 354 g/mol. The molecule has 0 radical (unpaired) electrons. The molecular weight excluding hydrogens is 330 g/mol. The fraction of sp³-hybridized carbons (Fsp3) is 0.647. The largest absolute Gasteiger partial charge is 0.316 e. The smallest absolute Gasteiger partial charge is 0.0212 e. The number of nitrogens with one attached hydrogen (secondary N) is 1. The zero-order chi connectivity index (χ0) is 13.8. The van der Waals surface area contributed by atoms with Gasteiger partial charge in [-0.05, 0) is 85.7 Å². The summed E-state index contributed by atoms with van der Waals surface area (Å²) in [6.07, 6.45) is 6.63. The van der Waals surface area contributed by atoms with E-state index in [1.165, 1.54) is 72.3 Å². The maximum Gasteiger partial charge on any atom is 0.0212 e. The lowest BCUT2D eigenvalue weighted by molar-refractivity contribution is 0.376. The van der Waals surface area contributed by atoms with E-state index in [9.17, 15) is 0 Å². The number of piperidine rings is 1. The van der Waals surface area contributed by atoms with Crippen LogP contribution in [0.4, 0.5) is 0 Å². The van der Waals surface area contributed by atoms with Crippen LogP contribution in [0.3, 0.4) is 0 Å². The van der Waals surface area contributed by atoms with Gasteiger partial charge in [-0.3, -0.25) is 0 Å². The maximum atomic E-state index is 3.83. The van der Waals surface area contributed by atoms with E-state index in [0.717, 1.165) is 11.8 Å². The number of halogens is 1. The van der Waals surface area contributed by atoms with Crippen LogP contribution in [0, 0.1) is 5.92 Å². The third kappa shape index (κ3) is 3.80. The summed E-state index contributed by atoms with van der Waals surface area (Å²) in [5, 5.41) is 3.52. The van der Waals surface area contributed by atoms with Crippen LogP contribution in [0.2, 0.25) is 0 Å². The van der Waals surface area contributed by atoms with Crippen LogP contribution in [-0.4, -0.2) is 24.6 Å². The molecule has 0 aliphatic carbocycles. The molecule has 1 nitrogen and oxygen atoms in total. The monoisotopic (exact) mass is 353 g/mol. The lowest BCUT2D eigenvalue weighted by Gasteiger charge is -2.25. The lowest BCUT2D eigenvalue weighted by Crippen LogP contribution is -2.30. The minimum absolute atomic E-state index is 0.774. The van der Waals surface area contributed by atoms with Crippen LogP contribution in [0.15, 0.2) is 22.7 Å². The molecule has 0 saturated carbocycles.